The van der Waals surface area contributed by atoms with Crippen LogP contribution in [0.2, 0.25) is 5.02 Å². The molecule has 1 aromatic rings. The Balaban J connectivity index is 1.90. The predicted molar refractivity (Wildman–Crippen MR) is 77.1 cm³/mol. The summed E-state index contributed by atoms with van der Waals surface area (Å²) < 4.78 is 0.726. The monoisotopic (exact) mass is 330 g/mol. The summed E-state index contributed by atoms with van der Waals surface area (Å²) in [6.07, 6.45) is 3.59. The summed E-state index contributed by atoms with van der Waals surface area (Å²) in [5.41, 5.74) is 0.621. The summed E-state index contributed by atoms with van der Waals surface area (Å²) in [6.45, 7) is 1.72. The molecule has 1 heterocycles. The van der Waals surface area contributed by atoms with Crippen LogP contribution in [-0.2, 0) is 0 Å². The van der Waals surface area contributed by atoms with Crippen LogP contribution in [0.15, 0.2) is 22.7 Å². The number of hydrogen-bond donors (Lipinski definition) is 2. The molecule has 5 heteroatoms. The van der Waals surface area contributed by atoms with Crippen LogP contribution in [0.3, 0.4) is 0 Å². The van der Waals surface area contributed by atoms with E-state index < -0.39 is 0 Å². The maximum atomic E-state index is 12.0. The van der Waals surface area contributed by atoms with Gasteiger partial charge in [-0.05, 0) is 53.5 Å². The van der Waals surface area contributed by atoms with Crippen LogP contribution >= 0.6 is 27.5 Å². The molecule has 2 rings (SSSR count). The lowest BCUT2D eigenvalue weighted by Crippen LogP contribution is -2.43. The van der Waals surface area contributed by atoms with Gasteiger partial charge in [-0.2, -0.15) is 0 Å². The fourth-order valence-corrected chi connectivity index (χ4v) is 2.95. The topological polar surface area (TPSA) is 41.1 Å². The third-order valence-electron chi connectivity index (χ3n) is 3.10. The second-order valence-corrected chi connectivity index (χ2v) is 5.77. The van der Waals surface area contributed by atoms with Crippen LogP contribution in [0, 0.1) is 0 Å². The summed E-state index contributed by atoms with van der Waals surface area (Å²) in [4.78, 5) is 12.0. The van der Waals surface area contributed by atoms with E-state index >= 15 is 0 Å². The Hall–Kier alpha value is -0.580. The zero-order valence-electron chi connectivity index (χ0n) is 10.0. The fraction of sp³-hybridized carbons (Fsp3) is 0.462. The number of hydrogen-bond acceptors (Lipinski definition) is 2. The van der Waals surface area contributed by atoms with Crippen molar-refractivity contribution in [2.75, 3.05) is 13.1 Å². The summed E-state index contributed by atoms with van der Waals surface area (Å²) in [5.74, 6) is -0.0640. The Labute approximate surface area is 120 Å². The molecular weight excluding hydrogens is 316 g/mol. The van der Waals surface area contributed by atoms with Gasteiger partial charge in [0.25, 0.3) is 5.91 Å². The highest BCUT2D eigenvalue weighted by Crippen LogP contribution is 2.21. The van der Waals surface area contributed by atoms with E-state index in [9.17, 15) is 4.79 Å². The zero-order valence-corrected chi connectivity index (χ0v) is 12.4. The smallest absolute Gasteiger partial charge is 0.252 e. The first-order valence-electron chi connectivity index (χ1n) is 6.13. The first-order valence-corrected chi connectivity index (χ1v) is 7.30. The number of benzene rings is 1. The molecule has 1 unspecified atom stereocenters. The molecular formula is C13H16BrClN2O. The number of rotatable bonds is 3. The van der Waals surface area contributed by atoms with Gasteiger partial charge in [0.2, 0.25) is 0 Å². The minimum absolute atomic E-state index is 0.0640. The third-order valence-corrected chi connectivity index (χ3v) is 3.99. The van der Waals surface area contributed by atoms with Crippen molar-refractivity contribution in [1.82, 2.24) is 10.6 Å². The highest BCUT2D eigenvalue weighted by molar-refractivity contribution is 9.10. The van der Waals surface area contributed by atoms with Crippen molar-refractivity contribution in [2.45, 2.75) is 25.3 Å². The molecule has 1 saturated heterocycles. The van der Waals surface area contributed by atoms with Gasteiger partial charge in [-0.15, -0.1) is 0 Å². The van der Waals surface area contributed by atoms with Gasteiger partial charge >= 0.3 is 0 Å². The summed E-state index contributed by atoms with van der Waals surface area (Å²) in [6, 6.07) is 5.58. The van der Waals surface area contributed by atoms with Crippen molar-refractivity contribution in [3.63, 3.8) is 0 Å². The molecule has 3 nitrogen and oxygen atoms in total. The number of carbonyl (C=O) groups is 1. The normalized spacial score (nSPS) is 19.6. The summed E-state index contributed by atoms with van der Waals surface area (Å²) in [5, 5.41) is 6.97. The molecule has 1 aromatic carbocycles. The number of nitrogens with one attached hydrogen (secondary N) is 2. The Morgan fingerprint density at radius 1 is 1.50 bits per heavy atom. The number of amides is 1. The molecule has 0 radical (unpaired) electrons. The quantitative estimate of drug-likeness (QED) is 0.894. The van der Waals surface area contributed by atoms with Gasteiger partial charge in [0.1, 0.15) is 0 Å². The summed E-state index contributed by atoms with van der Waals surface area (Å²) in [7, 11) is 0. The van der Waals surface area contributed by atoms with Gasteiger partial charge < -0.3 is 10.6 Å². The largest absolute Gasteiger partial charge is 0.350 e. The number of halogens is 2. The average molecular weight is 332 g/mol. The van der Waals surface area contributed by atoms with E-state index in [4.69, 9.17) is 11.6 Å². The Bertz CT molecular complexity index is 433. The lowest BCUT2D eigenvalue weighted by Gasteiger charge is -2.23. The average Bonchev–Trinajstić information content (AvgIpc) is 2.37. The van der Waals surface area contributed by atoms with Crippen molar-refractivity contribution in [2.24, 2.45) is 0 Å². The standard InChI is InChI=1S/C13H16BrClN2O/c14-12-7-9(15)4-5-11(12)13(18)17-8-10-3-1-2-6-16-10/h4-5,7,10,16H,1-3,6,8H2,(H,17,18). The molecule has 1 aliphatic rings. The van der Waals surface area contributed by atoms with E-state index in [0.29, 0.717) is 23.2 Å². The minimum atomic E-state index is -0.0640. The van der Waals surface area contributed by atoms with Crippen molar-refractivity contribution in [3.8, 4) is 0 Å². The van der Waals surface area contributed by atoms with Gasteiger partial charge in [-0.1, -0.05) is 18.0 Å². The van der Waals surface area contributed by atoms with E-state index in [1.165, 1.54) is 12.8 Å². The molecule has 1 amide bonds. The van der Waals surface area contributed by atoms with E-state index in [0.717, 1.165) is 17.4 Å². The van der Waals surface area contributed by atoms with Crippen molar-refractivity contribution >= 4 is 33.4 Å². The molecule has 1 fully saturated rings. The molecule has 0 spiro atoms. The van der Waals surface area contributed by atoms with Gasteiger partial charge in [0.05, 0.1) is 5.56 Å². The SMILES string of the molecule is O=C(NCC1CCCCN1)c1ccc(Cl)cc1Br. The molecule has 0 aromatic heterocycles. The van der Waals surface area contributed by atoms with Gasteiger partial charge in [0, 0.05) is 22.1 Å². The Kier molecular flexibility index (Phi) is 5.03. The highest BCUT2D eigenvalue weighted by atomic mass is 79.9. The van der Waals surface area contributed by atoms with E-state index in [1.54, 1.807) is 18.2 Å². The molecule has 1 atom stereocenters. The highest BCUT2D eigenvalue weighted by Gasteiger charge is 2.15. The van der Waals surface area contributed by atoms with E-state index in [2.05, 4.69) is 26.6 Å². The molecule has 2 N–H and O–H groups in total. The fourth-order valence-electron chi connectivity index (χ4n) is 2.08. The Morgan fingerprint density at radius 2 is 2.33 bits per heavy atom. The lowest BCUT2D eigenvalue weighted by molar-refractivity contribution is 0.0947. The molecule has 98 valence electrons. The van der Waals surface area contributed by atoms with Crippen molar-refractivity contribution in [3.05, 3.63) is 33.3 Å². The third kappa shape index (κ3) is 3.70. The van der Waals surface area contributed by atoms with Crippen molar-refractivity contribution < 1.29 is 4.79 Å². The lowest BCUT2D eigenvalue weighted by atomic mass is 10.1. The zero-order chi connectivity index (χ0) is 13.0. The number of carbonyl (C=O) groups excluding carboxylic acids is 1. The second-order valence-electron chi connectivity index (χ2n) is 4.48. The molecule has 0 bridgehead atoms. The molecule has 1 aliphatic heterocycles. The maximum Gasteiger partial charge on any atom is 0.252 e. The second kappa shape index (κ2) is 6.55. The minimum Gasteiger partial charge on any atom is -0.350 e. The van der Waals surface area contributed by atoms with Crippen LogP contribution in [-0.4, -0.2) is 25.0 Å². The Morgan fingerprint density at radius 3 is 3.00 bits per heavy atom. The van der Waals surface area contributed by atoms with E-state index in [-0.39, 0.29) is 5.91 Å². The van der Waals surface area contributed by atoms with Gasteiger partial charge in [0.15, 0.2) is 0 Å². The maximum absolute atomic E-state index is 12.0. The van der Waals surface area contributed by atoms with Crippen LogP contribution < -0.4 is 10.6 Å². The molecule has 0 saturated carbocycles. The van der Waals surface area contributed by atoms with Crippen LogP contribution in [0.1, 0.15) is 29.6 Å². The first-order chi connectivity index (χ1) is 8.66. The van der Waals surface area contributed by atoms with Crippen LogP contribution in [0.5, 0.6) is 0 Å². The molecule has 18 heavy (non-hydrogen) atoms. The summed E-state index contributed by atoms with van der Waals surface area (Å²) >= 11 is 9.20. The van der Waals surface area contributed by atoms with Gasteiger partial charge in [-0.25, -0.2) is 0 Å². The predicted octanol–water partition coefficient (Wildman–Crippen LogP) is 2.97. The van der Waals surface area contributed by atoms with Gasteiger partial charge in [-0.3, -0.25) is 4.79 Å². The number of piperidine rings is 1. The van der Waals surface area contributed by atoms with Crippen LogP contribution in [0.4, 0.5) is 0 Å². The molecule has 0 aliphatic carbocycles. The van der Waals surface area contributed by atoms with E-state index in [1.807, 2.05) is 0 Å². The van der Waals surface area contributed by atoms with Crippen molar-refractivity contribution in [1.29, 1.82) is 0 Å². The first kappa shape index (κ1) is 13.8. The van der Waals surface area contributed by atoms with Crippen LogP contribution in [0.25, 0.3) is 0 Å².